The first kappa shape index (κ1) is 25.9. The molecule has 27 heavy (non-hydrogen) atoms. The summed E-state index contributed by atoms with van der Waals surface area (Å²) >= 11 is 11.3. The molecule has 0 saturated carbocycles. The monoisotopic (exact) mass is 498 g/mol. The van der Waals surface area contributed by atoms with Crippen molar-refractivity contribution in [2.45, 2.75) is 23.6 Å². The summed E-state index contributed by atoms with van der Waals surface area (Å²) in [6.45, 7) is 2.87. The molecule has 8 nitrogen and oxygen atoms in total. The number of nitrogen functional groups attached to an aromatic ring is 2. The van der Waals surface area contributed by atoms with Crippen LogP contribution in [0.1, 0.15) is 11.1 Å². The van der Waals surface area contributed by atoms with E-state index < -0.39 is 30.0 Å². The van der Waals surface area contributed by atoms with Crippen molar-refractivity contribution in [1.29, 1.82) is 0 Å². The van der Waals surface area contributed by atoms with E-state index in [2.05, 4.69) is 0 Å². The summed E-state index contributed by atoms with van der Waals surface area (Å²) in [6.07, 6.45) is 0. The number of nitrogens with two attached hydrogens (primary N) is 2. The normalized spacial score (nSPS) is 11.2. The smallest absolute Gasteiger partial charge is 0.744 e. The van der Waals surface area contributed by atoms with E-state index in [9.17, 15) is 25.9 Å². The molecule has 2 rings (SSSR count). The molecule has 0 radical (unpaired) electrons. The van der Waals surface area contributed by atoms with Crippen LogP contribution in [0.25, 0.3) is 0 Å². The van der Waals surface area contributed by atoms with Gasteiger partial charge in [-0.15, -0.1) is 0 Å². The summed E-state index contributed by atoms with van der Waals surface area (Å²) in [5, 5.41) is 0.423. The van der Waals surface area contributed by atoms with Gasteiger partial charge in [-0.2, -0.15) is 0 Å². The van der Waals surface area contributed by atoms with Crippen LogP contribution in [-0.4, -0.2) is 25.9 Å². The fraction of sp³-hybridized carbons (Fsp3) is 0.143. The Morgan fingerprint density at radius 3 is 1.19 bits per heavy atom. The number of anilines is 2. The molecule has 13 heteroatoms. The molecule has 0 saturated heterocycles. The van der Waals surface area contributed by atoms with E-state index in [0.29, 0.717) is 0 Å². The van der Waals surface area contributed by atoms with Crippen molar-refractivity contribution < 1.29 is 42.4 Å². The maximum atomic E-state index is 10.7. The van der Waals surface area contributed by atoms with Crippen molar-refractivity contribution in [2.75, 3.05) is 11.5 Å². The van der Waals surface area contributed by atoms with E-state index in [-0.39, 0.29) is 49.0 Å². The molecule has 152 valence electrons. The van der Waals surface area contributed by atoms with Gasteiger partial charge in [0.25, 0.3) is 0 Å². The van der Waals surface area contributed by atoms with Gasteiger partial charge < -0.3 is 20.6 Å². The minimum atomic E-state index is -4.55. The topological polar surface area (TPSA) is 166 Å². The number of hydrogen-bond donors (Lipinski definition) is 2. The van der Waals surface area contributed by atoms with Crippen molar-refractivity contribution in [3.63, 3.8) is 0 Å². The van der Waals surface area contributed by atoms with Crippen LogP contribution in [0.4, 0.5) is 11.4 Å². The zero-order valence-corrected chi connectivity index (χ0v) is 17.9. The fourth-order valence-electron chi connectivity index (χ4n) is 2.04. The van der Waals surface area contributed by atoms with Crippen molar-refractivity contribution in [3.05, 3.63) is 45.4 Å². The average molecular weight is 500 g/mol. The van der Waals surface area contributed by atoms with Gasteiger partial charge >= 0.3 is 16.5 Å². The van der Waals surface area contributed by atoms with E-state index in [1.54, 1.807) is 0 Å². The van der Waals surface area contributed by atoms with Crippen molar-refractivity contribution in [2.24, 2.45) is 0 Å². The van der Waals surface area contributed by atoms with Gasteiger partial charge in [0.1, 0.15) is 20.2 Å². The molecule has 0 aliphatic carbocycles. The van der Waals surface area contributed by atoms with Crippen LogP contribution in [0.15, 0.2) is 34.1 Å². The van der Waals surface area contributed by atoms with Gasteiger partial charge in [-0.25, -0.2) is 16.8 Å². The molecule has 4 N–H and O–H groups in total. The molecule has 0 fully saturated rings. The average Bonchev–Trinajstić information content (AvgIpc) is 2.45. The summed E-state index contributed by atoms with van der Waals surface area (Å²) < 4.78 is 64.4. The summed E-state index contributed by atoms with van der Waals surface area (Å²) in [5.41, 5.74) is 10.9. The molecule has 0 unspecified atom stereocenters. The van der Waals surface area contributed by atoms with Gasteiger partial charge in [-0.05, 0) is 49.2 Å². The van der Waals surface area contributed by atoms with Gasteiger partial charge in [0.2, 0.25) is 0 Å². The third kappa shape index (κ3) is 6.50. The van der Waals surface area contributed by atoms with Crippen LogP contribution in [0, 0.1) is 13.8 Å². The zero-order valence-electron chi connectivity index (χ0n) is 13.8. The molecule has 0 aliphatic rings. The molecule has 0 aliphatic heterocycles. The second-order valence-electron chi connectivity index (χ2n) is 5.09. The molecule has 0 heterocycles. The Kier molecular flexibility index (Phi) is 9.05. The second kappa shape index (κ2) is 9.42. The molecular weight excluding hydrogens is 486 g/mol. The molecule has 0 amide bonds. The minimum absolute atomic E-state index is 0. The quantitative estimate of drug-likeness (QED) is 0.360. The predicted molar refractivity (Wildman–Crippen MR) is 97.1 cm³/mol. The van der Waals surface area contributed by atoms with E-state index in [1.807, 2.05) is 0 Å². The number of hydrogen-bond acceptors (Lipinski definition) is 8. The molecular formula is C14H14Cl2N2NiO6S2. The Bertz CT molecular complexity index is 974. The Balaban J connectivity index is 0.000000483. The summed E-state index contributed by atoms with van der Waals surface area (Å²) in [6, 6.07) is 5.47. The Morgan fingerprint density at radius 1 is 0.741 bits per heavy atom. The van der Waals surface area contributed by atoms with Crippen molar-refractivity contribution >= 4 is 54.8 Å². The van der Waals surface area contributed by atoms with Gasteiger partial charge in [-0.3, -0.25) is 0 Å². The molecule has 0 spiro atoms. The first-order valence-electron chi connectivity index (χ1n) is 6.68. The summed E-state index contributed by atoms with van der Waals surface area (Å²) in [7, 11) is -9.09. The number of halogens is 2. The summed E-state index contributed by atoms with van der Waals surface area (Å²) in [5.74, 6) is 0. The number of benzene rings is 2. The predicted octanol–water partition coefficient (Wildman–Crippen LogP) is 2.27. The first-order valence-corrected chi connectivity index (χ1v) is 10.3. The fourth-order valence-corrected chi connectivity index (χ4v) is 4.15. The van der Waals surface area contributed by atoms with Crippen molar-refractivity contribution in [3.8, 4) is 0 Å². The third-order valence-electron chi connectivity index (χ3n) is 3.24. The zero-order chi connectivity index (χ0) is 20.4. The summed E-state index contributed by atoms with van der Waals surface area (Å²) in [4.78, 5) is -0.861. The third-order valence-corrected chi connectivity index (χ3v) is 6.14. The SMILES string of the molecule is Cc1c(Cl)ccc(N)c1S(=O)(=O)[O-].Cc1c(Cl)ccc(N)c1S(=O)(=O)[O-].[Ni+2]. The maximum absolute atomic E-state index is 10.7. The molecule has 2 aromatic carbocycles. The first-order chi connectivity index (χ1) is 11.7. The Morgan fingerprint density at radius 2 is 1.00 bits per heavy atom. The van der Waals surface area contributed by atoms with E-state index in [0.717, 1.165) is 0 Å². The van der Waals surface area contributed by atoms with Crippen molar-refractivity contribution in [1.82, 2.24) is 0 Å². The van der Waals surface area contributed by atoms with Crippen LogP contribution in [0.2, 0.25) is 10.0 Å². The molecule has 0 bridgehead atoms. The van der Waals surface area contributed by atoms with E-state index in [4.69, 9.17) is 34.7 Å². The number of rotatable bonds is 2. The van der Waals surface area contributed by atoms with Gasteiger partial charge in [0, 0.05) is 21.4 Å². The second-order valence-corrected chi connectivity index (χ2v) is 8.54. The van der Waals surface area contributed by atoms with Crippen LogP contribution in [0.5, 0.6) is 0 Å². The van der Waals surface area contributed by atoms with E-state index in [1.165, 1.54) is 38.1 Å². The van der Waals surface area contributed by atoms with Crippen LogP contribution in [-0.2, 0) is 36.7 Å². The van der Waals surface area contributed by atoms with Crippen LogP contribution in [0.3, 0.4) is 0 Å². The Labute approximate surface area is 177 Å². The maximum Gasteiger partial charge on any atom is 2.00 e. The van der Waals surface area contributed by atoms with Gasteiger partial charge in [-0.1, -0.05) is 23.2 Å². The molecule has 2 aromatic rings. The largest absolute Gasteiger partial charge is 2.00 e. The standard InChI is InChI=1S/2C7H8ClNO3S.Ni/c2*1-4-5(8)2-3-6(9)7(4)13(10,11)12;/h2*2-3H,9H2,1H3,(H,10,11,12);/q;;+2/p-2. The Hall–Kier alpha value is -1.07. The molecule has 0 aromatic heterocycles. The minimum Gasteiger partial charge on any atom is -0.744 e. The van der Waals surface area contributed by atoms with E-state index >= 15 is 0 Å². The van der Waals surface area contributed by atoms with Gasteiger partial charge in [0.05, 0.1) is 9.79 Å². The van der Waals surface area contributed by atoms with Gasteiger partial charge in [0.15, 0.2) is 0 Å². The molecule has 0 atom stereocenters. The van der Waals surface area contributed by atoms with Crippen LogP contribution >= 0.6 is 23.2 Å². The van der Waals surface area contributed by atoms with Crippen LogP contribution < -0.4 is 11.5 Å².